The molecule has 0 aliphatic carbocycles. The number of halogens is 1. The number of hydrogen-bond acceptors (Lipinski definition) is 5. The molecule has 6 nitrogen and oxygen atoms in total. The smallest absolute Gasteiger partial charge is 0.230 e. The highest BCUT2D eigenvalue weighted by atomic mass is 35.5. The lowest BCUT2D eigenvalue weighted by Crippen LogP contribution is -2.15. The zero-order valence-electron chi connectivity index (χ0n) is 14.3. The van der Waals surface area contributed by atoms with E-state index >= 15 is 0 Å². The molecule has 4 rings (SSSR count). The van der Waals surface area contributed by atoms with Crippen molar-refractivity contribution in [2.75, 3.05) is 12.4 Å². The zero-order valence-corrected chi connectivity index (χ0v) is 15.9. The van der Waals surface area contributed by atoms with E-state index < -0.39 is 0 Å². The summed E-state index contributed by atoms with van der Waals surface area (Å²) in [7, 11) is 1.64. The van der Waals surface area contributed by atoms with Crippen LogP contribution in [-0.2, 0) is 11.2 Å². The monoisotopic (exact) mass is 398 g/mol. The van der Waals surface area contributed by atoms with Crippen molar-refractivity contribution in [2.24, 2.45) is 0 Å². The average molecular weight is 399 g/mol. The van der Waals surface area contributed by atoms with E-state index in [1.807, 2.05) is 40.2 Å². The second-order valence-electron chi connectivity index (χ2n) is 5.83. The lowest BCUT2D eigenvalue weighted by atomic mass is 10.2. The predicted molar refractivity (Wildman–Crippen MR) is 107 cm³/mol. The Bertz CT molecular complexity index is 1090. The number of nitrogens with one attached hydrogen (secondary N) is 1. The highest BCUT2D eigenvalue weighted by molar-refractivity contribution is 7.15. The van der Waals surface area contributed by atoms with Crippen LogP contribution < -0.4 is 10.1 Å². The number of aromatic nitrogens is 3. The molecule has 1 amide bonds. The van der Waals surface area contributed by atoms with E-state index in [1.165, 1.54) is 17.5 Å². The third kappa shape index (κ3) is 3.79. The van der Waals surface area contributed by atoms with Gasteiger partial charge in [0.15, 0.2) is 4.96 Å². The molecule has 3 heterocycles. The van der Waals surface area contributed by atoms with Gasteiger partial charge in [-0.1, -0.05) is 11.6 Å². The number of carbonyl (C=O) groups is 1. The molecule has 0 unspecified atom stereocenters. The summed E-state index contributed by atoms with van der Waals surface area (Å²) in [5, 5.41) is 5.15. The Morgan fingerprint density at radius 3 is 2.78 bits per heavy atom. The van der Waals surface area contributed by atoms with Gasteiger partial charge in [0.2, 0.25) is 5.91 Å². The van der Waals surface area contributed by atoms with Crippen molar-refractivity contribution in [2.45, 2.75) is 6.42 Å². The summed E-state index contributed by atoms with van der Waals surface area (Å²) in [6, 6.07) is 11.1. The van der Waals surface area contributed by atoms with Crippen LogP contribution in [0.2, 0.25) is 5.15 Å². The van der Waals surface area contributed by atoms with Gasteiger partial charge in [0.25, 0.3) is 0 Å². The topological polar surface area (TPSA) is 68.5 Å². The minimum Gasteiger partial charge on any atom is -0.497 e. The molecule has 0 aliphatic rings. The van der Waals surface area contributed by atoms with Gasteiger partial charge in [0.1, 0.15) is 10.9 Å². The fraction of sp³-hybridized carbons (Fsp3) is 0.105. The van der Waals surface area contributed by atoms with Gasteiger partial charge < -0.3 is 10.1 Å². The van der Waals surface area contributed by atoms with Gasteiger partial charge in [-0.05, 0) is 36.4 Å². The first kappa shape index (κ1) is 17.5. The molecule has 0 aliphatic heterocycles. The molecule has 0 saturated carbocycles. The molecule has 4 aromatic rings. The number of anilines is 1. The second kappa shape index (κ2) is 7.38. The Kier molecular flexibility index (Phi) is 4.79. The van der Waals surface area contributed by atoms with E-state index in [1.54, 1.807) is 19.2 Å². The van der Waals surface area contributed by atoms with Gasteiger partial charge in [0.05, 0.1) is 31.1 Å². The SMILES string of the molecule is COc1ccc(-c2cn3c(CC(=O)Nc4ccc(Cl)nc4)csc3n2)cc1. The molecule has 0 saturated heterocycles. The summed E-state index contributed by atoms with van der Waals surface area (Å²) in [5.74, 6) is 0.673. The van der Waals surface area contributed by atoms with E-state index in [-0.39, 0.29) is 12.3 Å². The Balaban J connectivity index is 1.53. The van der Waals surface area contributed by atoms with Crippen molar-refractivity contribution < 1.29 is 9.53 Å². The highest BCUT2D eigenvalue weighted by Gasteiger charge is 2.13. The lowest BCUT2D eigenvalue weighted by Gasteiger charge is -2.04. The first-order valence-corrected chi connectivity index (χ1v) is 9.39. The van der Waals surface area contributed by atoms with E-state index in [4.69, 9.17) is 16.3 Å². The highest BCUT2D eigenvalue weighted by Crippen LogP contribution is 2.25. The average Bonchev–Trinajstić information content (AvgIpc) is 3.26. The molecule has 0 bridgehead atoms. The molecule has 1 aromatic carbocycles. The van der Waals surface area contributed by atoms with Crippen LogP contribution in [0.3, 0.4) is 0 Å². The number of fused-ring (bicyclic) bond motifs is 1. The van der Waals surface area contributed by atoms with Crippen molar-refractivity contribution in [1.29, 1.82) is 0 Å². The van der Waals surface area contributed by atoms with Crippen LogP contribution >= 0.6 is 22.9 Å². The summed E-state index contributed by atoms with van der Waals surface area (Å²) in [5.41, 5.74) is 3.34. The molecule has 8 heteroatoms. The molecule has 0 fully saturated rings. The van der Waals surface area contributed by atoms with Crippen molar-refractivity contribution in [3.8, 4) is 17.0 Å². The Morgan fingerprint density at radius 1 is 1.26 bits per heavy atom. The lowest BCUT2D eigenvalue weighted by molar-refractivity contribution is -0.115. The van der Waals surface area contributed by atoms with Gasteiger partial charge in [0, 0.05) is 22.8 Å². The van der Waals surface area contributed by atoms with Crippen LogP contribution in [0.15, 0.2) is 54.2 Å². The van der Waals surface area contributed by atoms with Crippen molar-refractivity contribution >= 4 is 39.5 Å². The molecular weight excluding hydrogens is 384 g/mol. The van der Waals surface area contributed by atoms with Gasteiger partial charge in [-0.3, -0.25) is 9.20 Å². The summed E-state index contributed by atoms with van der Waals surface area (Å²) < 4.78 is 7.14. The van der Waals surface area contributed by atoms with Crippen LogP contribution in [-0.4, -0.2) is 27.4 Å². The maximum absolute atomic E-state index is 12.3. The molecule has 0 radical (unpaired) electrons. The molecular formula is C19H15ClN4O2S. The maximum Gasteiger partial charge on any atom is 0.230 e. The van der Waals surface area contributed by atoms with Crippen LogP contribution in [0.5, 0.6) is 5.75 Å². The van der Waals surface area contributed by atoms with E-state index in [0.717, 1.165) is 27.7 Å². The molecule has 0 spiro atoms. The number of carbonyl (C=O) groups excluding carboxylic acids is 1. The Morgan fingerprint density at radius 2 is 2.07 bits per heavy atom. The van der Waals surface area contributed by atoms with Crippen molar-refractivity contribution in [3.63, 3.8) is 0 Å². The first-order valence-electron chi connectivity index (χ1n) is 8.13. The van der Waals surface area contributed by atoms with Gasteiger partial charge in [-0.15, -0.1) is 11.3 Å². The van der Waals surface area contributed by atoms with E-state index in [9.17, 15) is 4.79 Å². The number of hydrogen-bond donors (Lipinski definition) is 1. The number of pyridine rings is 1. The summed E-state index contributed by atoms with van der Waals surface area (Å²) >= 11 is 7.26. The second-order valence-corrected chi connectivity index (χ2v) is 7.05. The molecule has 0 atom stereocenters. The molecule has 27 heavy (non-hydrogen) atoms. The fourth-order valence-electron chi connectivity index (χ4n) is 2.68. The number of benzene rings is 1. The van der Waals surface area contributed by atoms with Crippen molar-refractivity contribution in [3.05, 3.63) is 65.0 Å². The third-order valence-electron chi connectivity index (χ3n) is 4.02. The first-order chi connectivity index (χ1) is 13.1. The normalized spacial score (nSPS) is 10.9. The predicted octanol–water partition coefficient (Wildman–Crippen LogP) is 4.30. The number of thiazole rings is 1. The number of methoxy groups -OCH3 is 1. The molecule has 3 aromatic heterocycles. The van der Waals surface area contributed by atoms with E-state index in [2.05, 4.69) is 15.3 Å². The van der Waals surface area contributed by atoms with Gasteiger partial charge in [-0.2, -0.15) is 0 Å². The number of amides is 1. The minimum atomic E-state index is -0.126. The van der Waals surface area contributed by atoms with Gasteiger partial charge >= 0.3 is 0 Å². The third-order valence-corrected chi connectivity index (χ3v) is 5.13. The maximum atomic E-state index is 12.3. The van der Waals surface area contributed by atoms with Crippen LogP contribution in [0.4, 0.5) is 5.69 Å². The standard InChI is InChI=1S/C19H15ClN4O2S/c1-26-15-5-2-12(3-6-15)16-10-24-14(11-27-19(24)23-16)8-18(25)22-13-4-7-17(20)21-9-13/h2-7,9-11H,8H2,1H3,(H,22,25). The fourth-order valence-corrected chi connectivity index (χ4v) is 3.66. The number of imidazole rings is 1. The van der Waals surface area contributed by atoms with Gasteiger partial charge in [-0.25, -0.2) is 9.97 Å². The van der Waals surface area contributed by atoms with Crippen LogP contribution in [0, 0.1) is 0 Å². The summed E-state index contributed by atoms with van der Waals surface area (Å²) in [6.45, 7) is 0. The molecule has 1 N–H and O–H groups in total. The number of nitrogens with zero attached hydrogens (tertiary/aromatic N) is 3. The van der Waals surface area contributed by atoms with Crippen LogP contribution in [0.1, 0.15) is 5.69 Å². The Labute approximate surface area is 164 Å². The number of rotatable bonds is 5. The van der Waals surface area contributed by atoms with Crippen molar-refractivity contribution in [1.82, 2.24) is 14.4 Å². The molecule has 136 valence electrons. The Hall–Kier alpha value is -2.90. The van der Waals surface area contributed by atoms with Crippen LogP contribution in [0.25, 0.3) is 16.2 Å². The summed E-state index contributed by atoms with van der Waals surface area (Å²) in [6.07, 6.45) is 3.71. The number of ether oxygens (including phenoxy) is 1. The minimum absolute atomic E-state index is 0.126. The largest absolute Gasteiger partial charge is 0.497 e. The van der Waals surface area contributed by atoms with E-state index in [0.29, 0.717) is 10.8 Å². The summed E-state index contributed by atoms with van der Waals surface area (Å²) in [4.78, 5) is 21.8. The zero-order chi connectivity index (χ0) is 18.8. The quantitative estimate of drug-likeness (QED) is 0.509.